The summed E-state index contributed by atoms with van der Waals surface area (Å²) >= 11 is 0. The molecule has 0 saturated heterocycles. The molecule has 0 bridgehead atoms. The number of hydrogen-bond acceptors (Lipinski definition) is 3. The Labute approximate surface area is 113 Å². The Balaban J connectivity index is 2.08. The van der Waals surface area contributed by atoms with E-state index in [1.54, 1.807) is 0 Å². The van der Waals surface area contributed by atoms with Crippen LogP contribution in [0, 0.1) is 17.1 Å². The van der Waals surface area contributed by atoms with Crippen molar-refractivity contribution in [2.24, 2.45) is 0 Å². The predicted octanol–water partition coefficient (Wildman–Crippen LogP) is 1.32. The zero-order chi connectivity index (χ0) is 14.5. The van der Waals surface area contributed by atoms with Gasteiger partial charge in [0.1, 0.15) is 11.5 Å². The number of rotatable bonds is 3. The van der Waals surface area contributed by atoms with Crippen molar-refractivity contribution in [3.8, 4) is 6.07 Å². The lowest BCUT2D eigenvalue weighted by Gasteiger charge is -2.06. The summed E-state index contributed by atoms with van der Waals surface area (Å²) in [6.07, 6.45) is 0. The number of aromatic amines is 1. The van der Waals surface area contributed by atoms with E-state index in [2.05, 4.69) is 10.3 Å². The highest BCUT2D eigenvalue weighted by Gasteiger charge is 2.08. The largest absolute Gasteiger partial charge is 0.347 e. The summed E-state index contributed by atoms with van der Waals surface area (Å²) in [5, 5.41) is 11.1. The van der Waals surface area contributed by atoms with Crippen LogP contribution in [-0.2, 0) is 6.54 Å². The van der Waals surface area contributed by atoms with Crippen LogP contribution in [0.2, 0.25) is 0 Å². The molecule has 1 aromatic carbocycles. The Kier molecular flexibility index (Phi) is 3.91. The fourth-order valence-electron chi connectivity index (χ4n) is 1.61. The minimum absolute atomic E-state index is 0.0344. The smallest absolute Gasteiger partial charge is 0.268 e. The van der Waals surface area contributed by atoms with Crippen LogP contribution in [0.3, 0.4) is 0 Å². The predicted molar refractivity (Wildman–Crippen MR) is 69.3 cm³/mol. The Morgan fingerprint density at radius 3 is 2.80 bits per heavy atom. The Hall–Kier alpha value is -2.94. The van der Waals surface area contributed by atoms with E-state index in [1.165, 1.54) is 30.3 Å². The standard InChI is InChI=1S/C14H10FN3O2/c15-11-6-9(7-16)4-5-10(11)8-17-14(20)12-2-1-3-13(19)18-12/h1-6H,8H2,(H,17,20)(H,18,19). The number of H-pyrrole nitrogens is 1. The topological polar surface area (TPSA) is 85.8 Å². The van der Waals surface area contributed by atoms with E-state index in [1.807, 2.05) is 6.07 Å². The highest BCUT2D eigenvalue weighted by atomic mass is 19.1. The summed E-state index contributed by atoms with van der Waals surface area (Å²) in [6.45, 7) is -0.0344. The summed E-state index contributed by atoms with van der Waals surface area (Å²) in [4.78, 5) is 25.2. The molecule has 2 aromatic rings. The molecule has 20 heavy (non-hydrogen) atoms. The highest BCUT2D eigenvalue weighted by molar-refractivity contribution is 5.92. The molecular formula is C14H10FN3O2. The van der Waals surface area contributed by atoms with E-state index in [9.17, 15) is 14.0 Å². The monoisotopic (exact) mass is 271 g/mol. The molecule has 0 saturated carbocycles. The first-order chi connectivity index (χ1) is 9.60. The molecule has 1 aromatic heterocycles. The lowest BCUT2D eigenvalue weighted by molar-refractivity contribution is 0.0945. The summed E-state index contributed by atoms with van der Waals surface area (Å²) in [5.74, 6) is -1.07. The first-order valence-corrected chi connectivity index (χ1v) is 5.76. The number of amides is 1. The van der Waals surface area contributed by atoms with Gasteiger partial charge in [0.25, 0.3) is 5.91 Å². The van der Waals surface area contributed by atoms with Crippen molar-refractivity contribution in [2.45, 2.75) is 6.54 Å². The minimum atomic E-state index is -0.564. The number of hydrogen-bond donors (Lipinski definition) is 2. The minimum Gasteiger partial charge on any atom is -0.347 e. The average molecular weight is 271 g/mol. The number of halogens is 1. The van der Waals surface area contributed by atoms with Gasteiger partial charge in [-0.05, 0) is 18.2 Å². The van der Waals surface area contributed by atoms with E-state index in [0.717, 1.165) is 6.07 Å². The van der Waals surface area contributed by atoms with Crippen molar-refractivity contribution in [2.75, 3.05) is 0 Å². The summed E-state index contributed by atoms with van der Waals surface area (Å²) in [6, 6.07) is 10.0. The van der Waals surface area contributed by atoms with Gasteiger partial charge in [-0.2, -0.15) is 5.26 Å². The van der Waals surface area contributed by atoms with Crippen LogP contribution < -0.4 is 10.9 Å². The van der Waals surface area contributed by atoms with Gasteiger partial charge in [-0.15, -0.1) is 0 Å². The van der Waals surface area contributed by atoms with Crippen molar-refractivity contribution in [3.05, 3.63) is 69.4 Å². The van der Waals surface area contributed by atoms with Crippen molar-refractivity contribution < 1.29 is 9.18 Å². The molecule has 100 valence electrons. The Morgan fingerprint density at radius 2 is 2.15 bits per heavy atom. The van der Waals surface area contributed by atoms with Crippen LogP contribution in [0.1, 0.15) is 21.6 Å². The van der Waals surface area contributed by atoms with Gasteiger partial charge >= 0.3 is 0 Å². The van der Waals surface area contributed by atoms with Gasteiger partial charge in [0.2, 0.25) is 5.56 Å². The lowest BCUT2D eigenvalue weighted by Crippen LogP contribution is -2.26. The van der Waals surface area contributed by atoms with E-state index in [0.29, 0.717) is 0 Å². The number of aromatic nitrogens is 1. The Morgan fingerprint density at radius 1 is 1.35 bits per heavy atom. The second-order valence-corrected chi connectivity index (χ2v) is 4.03. The van der Waals surface area contributed by atoms with Crippen molar-refractivity contribution >= 4 is 5.91 Å². The summed E-state index contributed by atoms with van der Waals surface area (Å²) in [7, 11) is 0. The maximum absolute atomic E-state index is 13.6. The molecule has 0 aliphatic rings. The third-order valence-corrected chi connectivity index (χ3v) is 2.63. The molecule has 2 N–H and O–H groups in total. The summed E-state index contributed by atoms with van der Waals surface area (Å²) in [5.41, 5.74) is 0.189. The number of carbonyl (C=O) groups excluding carboxylic acids is 1. The van der Waals surface area contributed by atoms with Gasteiger partial charge in [-0.1, -0.05) is 12.1 Å². The molecule has 0 aliphatic heterocycles. The number of nitrogens with one attached hydrogen (secondary N) is 2. The first kappa shape index (κ1) is 13.5. The molecule has 1 heterocycles. The quantitative estimate of drug-likeness (QED) is 0.882. The molecular weight excluding hydrogens is 261 g/mol. The van der Waals surface area contributed by atoms with Gasteiger partial charge in [-0.3, -0.25) is 9.59 Å². The third kappa shape index (κ3) is 3.09. The van der Waals surface area contributed by atoms with Crippen LogP contribution in [-0.4, -0.2) is 10.9 Å². The lowest BCUT2D eigenvalue weighted by atomic mass is 10.1. The second kappa shape index (κ2) is 5.80. The molecule has 0 fully saturated rings. The van der Waals surface area contributed by atoms with E-state index in [-0.39, 0.29) is 28.9 Å². The van der Waals surface area contributed by atoms with Gasteiger partial charge in [0, 0.05) is 18.2 Å². The van der Waals surface area contributed by atoms with Crippen molar-refractivity contribution in [1.82, 2.24) is 10.3 Å². The zero-order valence-corrected chi connectivity index (χ0v) is 10.3. The van der Waals surface area contributed by atoms with E-state index in [4.69, 9.17) is 5.26 Å². The first-order valence-electron chi connectivity index (χ1n) is 5.76. The van der Waals surface area contributed by atoms with Gasteiger partial charge in [-0.25, -0.2) is 4.39 Å². The van der Waals surface area contributed by atoms with Crippen LogP contribution in [0.5, 0.6) is 0 Å². The number of nitriles is 1. The average Bonchev–Trinajstić information content (AvgIpc) is 2.45. The number of benzene rings is 1. The van der Waals surface area contributed by atoms with E-state index >= 15 is 0 Å². The molecule has 2 rings (SSSR count). The van der Waals surface area contributed by atoms with Crippen LogP contribution in [0.15, 0.2) is 41.2 Å². The Bertz CT molecular complexity index is 747. The molecule has 0 spiro atoms. The SMILES string of the molecule is N#Cc1ccc(CNC(=O)c2cccc(=O)[nH]2)c(F)c1. The van der Waals surface area contributed by atoms with Crippen LogP contribution in [0.4, 0.5) is 4.39 Å². The molecule has 6 heteroatoms. The zero-order valence-electron chi connectivity index (χ0n) is 10.3. The molecule has 5 nitrogen and oxygen atoms in total. The van der Waals surface area contributed by atoms with Gasteiger partial charge in [0.05, 0.1) is 11.6 Å². The summed E-state index contributed by atoms with van der Waals surface area (Å²) < 4.78 is 13.6. The van der Waals surface area contributed by atoms with Crippen molar-refractivity contribution in [3.63, 3.8) is 0 Å². The van der Waals surface area contributed by atoms with Crippen LogP contribution in [0.25, 0.3) is 0 Å². The number of carbonyl (C=O) groups is 1. The number of nitrogens with zero attached hydrogens (tertiary/aromatic N) is 1. The fourth-order valence-corrected chi connectivity index (χ4v) is 1.61. The maximum atomic E-state index is 13.6. The van der Waals surface area contributed by atoms with E-state index < -0.39 is 11.7 Å². The highest BCUT2D eigenvalue weighted by Crippen LogP contribution is 2.09. The molecule has 0 atom stereocenters. The molecule has 0 aliphatic carbocycles. The van der Waals surface area contributed by atoms with Crippen LogP contribution >= 0.6 is 0 Å². The van der Waals surface area contributed by atoms with Gasteiger partial charge < -0.3 is 10.3 Å². The second-order valence-electron chi connectivity index (χ2n) is 4.03. The molecule has 1 amide bonds. The maximum Gasteiger partial charge on any atom is 0.268 e. The normalized spacial score (nSPS) is 9.80. The fraction of sp³-hybridized carbons (Fsp3) is 0.0714. The number of pyridine rings is 1. The van der Waals surface area contributed by atoms with Crippen molar-refractivity contribution in [1.29, 1.82) is 5.26 Å². The third-order valence-electron chi connectivity index (χ3n) is 2.63. The molecule has 0 unspecified atom stereocenters. The molecule has 0 radical (unpaired) electrons. The van der Waals surface area contributed by atoms with Gasteiger partial charge in [0.15, 0.2) is 0 Å².